The van der Waals surface area contributed by atoms with Gasteiger partial charge in [-0.15, -0.1) is 11.6 Å². The predicted octanol–water partition coefficient (Wildman–Crippen LogP) is 3.59. The first-order chi connectivity index (χ1) is 8.38. The fraction of sp³-hybridized carbons (Fsp3) is 0.643. The van der Waals surface area contributed by atoms with Gasteiger partial charge in [0.05, 0.1) is 11.6 Å². The molecular formula is C14H19ClN2. The highest BCUT2D eigenvalue weighted by molar-refractivity contribution is 6.16. The summed E-state index contributed by atoms with van der Waals surface area (Å²) < 4.78 is 0. The molecule has 2 nitrogen and oxygen atoms in total. The van der Waals surface area contributed by atoms with Gasteiger partial charge in [-0.3, -0.25) is 0 Å². The number of hydrogen-bond donors (Lipinski definition) is 0. The van der Waals surface area contributed by atoms with Gasteiger partial charge in [-0.25, -0.2) is 4.98 Å². The number of pyridine rings is 1. The average molecular weight is 251 g/mol. The quantitative estimate of drug-likeness (QED) is 0.746. The molecule has 2 heterocycles. The van der Waals surface area contributed by atoms with Crippen LogP contribution in [-0.2, 0) is 5.88 Å². The fourth-order valence-corrected chi connectivity index (χ4v) is 3.59. The van der Waals surface area contributed by atoms with Crippen molar-refractivity contribution >= 4 is 17.4 Å². The standard InChI is InChI=1S/C14H19ClN2/c15-10-12-6-2-8-14(16-12)17-9-3-5-11-4-1-7-13(11)17/h2,6,8,11,13H,1,3-5,7,9-10H2. The second-order valence-electron chi connectivity index (χ2n) is 5.21. The third-order valence-electron chi connectivity index (χ3n) is 4.22. The smallest absolute Gasteiger partial charge is 0.129 e. The van der Waals surface area contributed by atoms with Crippen LogP contribution in [-0.4, -0.2) is 17.6 Å². The van der Waals surface area contributed by atoms with Crippen molar-refractivity contribution < 1.29 is 0 Å². The molecule has 0 N–H and O–H groups in total. The van der Waals surface area contributed by atoms with Crippen LogP contribution in [0, 0.1) is 5.92 Å². The molecule has 1 saturated heterocycles. The largest absolute Gasteiger partial charge is 0.353 e. The molecule has 0 aromatic carbocycles. The molecule has 2 unspecified atom stereocenters. The van der Waals surface area contributed by atoms with Crippen LogP contribution < -0.4 is 4.90 Å². The molecule has 2 atom stereocenters. The summed E-state index contributed by atoms with van der Waals surface area (Å²) in [6, 6.07) is 6.96. The summed E-state index contributed by atoms with van der Waals surface area (Å²) in [5, 5.41) is 0. The minimum Gasteiger partial charge on any atom is -0.353 e. The molecule has 1 aromatic rings. The maximum absolute atomic E-state index is 5.87. The molecule has 0 spiro atoms. The molecule has 0 radical (unpaired) electrons. The molecule has 0 bridgehead atoms. The number of fused-ring (bicyclic) bond motifs is 1. The number of halogens is 1. The van der Waals surface area contributed by atoms with Crippen molar-refractivity contribution in [3.8, 4) is 0 Å². The van der Waals surface area contributed by atoms with Crippen LogP contribution >= 0.6 is 11.6 Å². The number of nitrogens with zero attached hydrogens (tertiary/aromatic N) is 2. The Kier molecular flexibility index (Phi) is 3.24. The van der Waals surface area contributed by atoms with Crippen LogP contribution in [0.4, 0.5) is 5.82 Å². The second-order valence-corrected chi connectivity index (χ2v) is 5.48. The highest BCUT2D eigenvalue weighted by Gasteiger charge is 2.35. The van der Waals surface area contributed by atoms with E-state index in [0.29, 0.717) is 5.88 Å². The van der Waals surface area contributed by atoms with Gasteiger partial charge in [0, 0.05) is 12.6 Å². The lowest BCUT2D eigenvalue weighted by molar-refractivity contribution is 0.360. The minimum absolute atomic E-state index is 0.510. The normalized spacial score (nSPS) is 28.2. The summed E-state index contributed by atoms with van der Waals surface area (Å²) in [5.41, 5.74) is 0.990. The van der Waals surface area contributed by atoms with E-state index in [1.54, 1.807) is 0 Å². The van der Waals surface area contributed by atoms with Crippen molar-refractivity contribution in [2.75, 3.05) is 11.4 Å². The molecule has 92 valence electrons. The fourth-order valence-electron chi connectivity index (χ4n) is 3.44. The van der Waals surface area contributed by atoms with Crippen LogP contribution in [0.1, 0.15) is 37.8 Å². The molecule has 1 aromatic heterocycles. The number of anilines is 1. The molecule has 3 rings (SSSR count). The van der Waals surface area contributed by atoms with Crippen LogP contribution in [0.25, 0.3) is 0 Å². The van der Waals surface area contributed by atoms with E-state index in [0.717, 1.165) is 23.5 Å². The van der Waals surface area contributed by atoms with E-state index in [2.05, 4.69) is 22.0 Å². The van der Waals surface area contributed by atoms with E-state index in [4.69, 9.17) is 11.6 Å². The number of piperidine rings is 1. The third-order valence-corrected chi connectivity index (χ3v) is 4.49. The van der Waals surface area contributed by atoms with Crippen molar-refractivity contribution in [1.29, 1.82) is 0 Å². The molecule has 0 amide bonds. The molecule has 1 aliphatic heterocycles. The van der Waals surface area contributed by atoms with Gasteiger partial charge in [0.15, 0.2) is 0 Å². The second kappa shape index (κ2) is 4.85. The van der Waals surface area contributed by atoms with Gasteiger partial charge >= 0.3 is 0 Å². The summed E-state index contributed by atoms with van der Waals surface area (Å²) in [4.78, 5) is 7.19. The lowest BCUT2D eigenvalue weighted by Crippen LogP contribution is -2.43. The summed E-state index contributed by atoms with van der Waals surface area (Å²) in [7, 11) is 0. The first kappa shape index (κ1) is 11.3. The number of rotatable bonds is 2. The Labute approximate surface area is 108 Å². The Bertz CT molecular complexity index is 394. The SMILES string of the molecule is ClCc1cccc(N2CCCC3CCCC32)n1. The van der Waals surface area contributed by atoms with Crippen molar-refractivity contribution in [2.45, 2.75) is 44.0 Å². The summed E-state index contributed by atoms with van der Waals surface area (Å²) >= 11 is 5.87. The van der Waals surface area contributed by atoms with Crippen LogP contribution in [0.15, 0.2) is 18.2 Å². The maximum Gasteiger partial charge on any atom is 0.129 e. The molecule has 17 heavy (non-hydrogen) atoms. The van der Waals surface area contributed by atoms with Crippen LogP contribution in [0.2, 0.25) is 0 Å². The topological polar surface area (TPSA) is 16.1 Å². The van der Waals surface area contributed by atoms with Crippen molar-refractivity contribution in [1.82, 2.24) is 4.98 Å². The van der Waals surface area contributed by atoms with Gasteiger partial charge in [-0.1, -0.05) is 12.5 Å². The Morgan fingerprint density at radius 1 is 1.24 bits per heavy atom. The van der Waals surface area contributed by atoms with Gasteiger partial charge in [-0.05, 0) is 43.7 Å². The summed E-state index contributed by atoms with van der Waals surface area (Å²) in [5.74, 6) is 2.56. The van der Waals surface area contributed by atoms with Crippen LogP contribution in [0.5, 0.6) is 0 Å². The lowest BCUT2D eigenvalue weighted by Gasteiger charge is -2.38. The molecule has 1 saturated carbocycles. The van der Waals surface area contributed by atoms with E-state index in [9.17, 15) is 0 Å². The van der Waals surface area contributed by atoms with Gasteiger partial charge in [0.25, 0.3) is 0 Å². The van der Waals surface area contributed by atoms with E-state index in [1.165, 1.54) is 38.6 Å². The summed E-state index contributed by atoms with van der Waals surface area (Å²) in [6.45, 7) is 1.17. The third kappa shape index (κ3) is 2.15. The number of alkyl halides is 1. The molecule has 2 aliphatic rings. The van der Waals surface area contributed by atoms with Gasteiger partial charge in [0.2, 0.25) is 0 Å². The van der Waals surface area contributed by atoms with Crippen LogP contribution in [0.3, 0.4) is 0 Å². The maximum atomic E-state index is 5.87. The minimum atomic E-state index is 0.510. The highest BCUT2D eigenvalue weighted by atomic mass is 35.5. The molecular weight excluding hydrogens is 232 g/mol. The zero-order chi connectivity index (χ0) is 11.7. The molecule has 2 fully saturated rings. The van der Waals surface area contributed by atoms with Gasteiger partial charge in [0.1, 0.15) is 5.82 Å². The van der Waals surface area contributed by atoms with E-state index in [1.807, 2.05) is 6.07 Å². The van der Waals surface area contributed by atoms with E-state index < -0.39 is 0 Å². The van der Waals surface area contributed by atoms with Gasteiger partial charge < -0.3 is 4.90 Å². The first-order valence-corrected chi connectivity index (χ1v) is 7.20. The number of aromatic nitrogens is 1. The zero-order valence-corrected chi connectivity index (χ0v) is 10.9. The molecule has 3 heteroatoms. The predicted molar refractivity (Wildman–Crippen MR) is 71.5 cm³/mol. The Hall–Kier alpha value is -0.760. The zero-order valence-electron chi connectivity index (χ0n) is 10.1. The molecule has 1 aliphatic carbocycles. The number of hydrogen-bond acceptors (Lipinski definition) is 2. The van der Waals surface area contributed by atoms with Crippen molar-refractivity contribution in [3.05, 3.63) is 23.9 Å². The summed E-state index contributed by atoms with van der Waals surface area (Å²) in [6.07, 6.45) is 6.87. The average Bonchev–Trinajstić information content (AvgIpc) is 2.87. The van der Waals surface area contributed by atoms with E-state index in [-0.39, 0.29) is 0 Å². The highest BCUT2D eigenvalue weighted by Crippen LogP contribution is 2.38. The van der Waals surface area contributed by atoms with Crippen molar-refractivity contribution in [3.63, 3.8) is 0 Å². The Balaban J connectivity index is 1.86. The van der Waals surface area contributed by atoms with Crippen molar-refractivity contribution in [2.24, 2.45) is 5.92 Å². The Morgan fingerprint density at radius 3 is 3.00 bits per heavy atom. The van der Waals surface area contributed by atoms with Gasteiger partial charge in [-0.2, -0.15) is 0 Å². The lowest BCUT2D eigenvalue weighted by atomic mass is 9.92. The van der Waals surface area contributed by atoms with E-state index >= 15 is 0 Å². The first-order valence-electron chi connectivity index (χ1n) is 6.67. The Morgan fingerprint density at radius 2 is 2.12 bits per heavy atom. The monoisotopic (exact) mass is 250 g/mol.